The van der Waals surface area contributed by atoms with E-state index in [1.165, 1.54) is 27.8 Å². The number of pyridine rings is 1. The minimum absolute atomic E-state index is 0.0737. The summed E-state index contributed by atoms with van der Waals surface area (Å²) in [6.07, 6.45) is 5.09. The summed E-state index contributed by atoms with van der Waals surface area (Å²) in [6.45, 7) is 8.44. The molecule has 1 atom stereocenters. The molecule has 0 aliphatic carbocycles. The number of rotatable bonds is 7. The molecule has 0 bridgehead atoms. The fourth-order valence-electron chi connectivity index (χ4n) is 5.35. The predicted octanol–water partition coefficient (Wildman–Crippen LogP) is 4.67. The smallest absolute Gasteiger partial charge is 0.275 e. The van der Waals surface area contributed by atoms with Crippen LogP contribution < -0.4 is 5.56 Å². The second kappa shape index (κ2) is 11.0. The summed E-state index contributed by atoms with van der Waals surface area (Å²) in [6, 6.07) is 10.5. The summed E-state index contributed by atoms with van der Waals surface area (Å²) in [5.74, 6) is -1.88. The number of aryl methyl sites for hydroxylation is 2. The quantitative estimate of drug-likeness (QED) is 0.362. The van der Waals surface area contributed by atoms with E-state index in [1.807, 2.05) is 45.9 Å². The van der Waals surface area contributed by atoms with Gasteiger partial charge in [0, 0.05) is 37.4 Å². The van der Waals surface area contributed by atoms with Gasteiger partial charge in [0.15, 0.2) is 11.4 Å². The van der Waals surface area contributed by atoms with Gasteiger partial charge in [0.2, 0.25) is 5.88 Å². The zero-order valence-corrected chi connectivity index (χ0v) is 23.1. The van der Waals surface area contributed by atoms with Gasteiger partial charge >= 0.3 is 0 Å². The molecule has 0 spiro atoms. The highest BCUT2D eigenvalue weighted by Gasteiger charge is 2.35. The van der Waals surface area contributed by atoms with E-state index >= 15 is 0 Å². The molecule has 208 valence electrons. The lowest BCUT2D eigenvalue weighted by molar-refractivity contribution is 0.0784. The Labute approximate surface area is 231 Å². The third-order valence-corrected chi connectivity index (χ3v) is 7.48. The van der Waals surface area contributed by atoms with E-state index in [1.54, 1.807) is 16.9 Å². The highest BCUT2D eigenvalue weighted by Crippen LogP contribution is 2.31. The van der Waals surface area contributed by atoms with Crippen LogP contribution in [0, 0.1) is 5.82 Å². The minimum Gasteiger partial charge on any atom is -0.493 e. The normalized spacial score (nSPS) is 15.2. The number of nitrogens with zero attached hydrogens (tertiary/aromatic N) is 6. The fraction of sp³-hybridized carbons (Fsp3) is 0.367. The van der Waals surface area contributed by atoms with Crippen LogP contribution in [0.5, 0.6) is 5.88 Å². The minimum atomic E-state index is -0.672. The Morgan fingerprint density at radius 3 is 2.48 bits per heavy atom. The Morgan fingerprint density at radius 1 is 1.12 bits per heavy atom. The second-order valence-corrected chi connectivity index (χ2v) is 10.3. The molecule has 1 N–H and O–H groups in total. The fourth-order valence-corrected chi connectivity index (χ4v) is 5.35. The highest BCUT2D eigenvalue weighted by atomic mass is 19.1. The number of hydrogen-bond donors (Lipinski definition) is 1. The van der Waals surface area contributed by atoms with E-state index in [0.717, 1.165) is 11.1 Å². The summed E-state index contributed by atoms with van der Waals surface area (Å²) in [4.78, 5) is 38.1. The molecule has 1 aliphatic rings. The molecule has 1 fully saturated rings. The first-order valence-electron chi connectivity index (χ1n) is 13.7. The van der Waals surface area contributed by atoms with E-state index in [9.17, 15) is 19.1 Å². The molecule has 4 heterocycles. The van der Waals surface area contributed by atoms with Gasteiger partial charge in [0.25, 0.3) is 11.5 Å². The first-order chi connectivity index (χ1) is 19.2. The second-order valence-electron chi connectivity index (χ2n) is 10.3. The molecule has 4 aromatic rings. The molecule has 40 heavy (non-hydrogen) atoms. The Morgan fingerprint density at radius 2 is 1.85 bits per heavy atom. The van der Waals surface area contributed by atoms with E-state index < -0.39 is 28.7 Å². The SMILES string of the molecule is CCc1cccc(CC)c1-n1c(-c2ccn(C(C)C)n2)nc(O)c(C(=O)N2CCC(c3ncccc3F)C2)c1=O. The van der Waals surface area contributed by atoms with Gasteiger partial charge in [-0.1, -0.05) is 32.0 Å². The summed E-state index contributed by atoms with van der Waals surface area (Å²) in [5, 5.41) is 15.7. The third kappa shape index (κ3) is 4.78. The van der Waals surface area contributed by atoms with Crippen molar-refractivity contribution in [3.8, 4) is 23.1 Å². The first kappa shape index (κ1) is 27.2. The number of benzene rings is 1. The summed E-state index contributed by atoms with van der Waals surface area (Å²) in [7, 11) is 0. The van der Waals surface area contributed by atoms with E-state index in [4.69, 9.17) is 0 Å². The molecular formula is C30H33FN6O3. The average Bonchev–Trinajstić information content (AvgIpc) is 3.63. The first-order valence-corrected chi connectivity index (χ1v) is 13.7. The monoisotopic (exact) mass is 544 g/mol. The maximum Gasteiger partial charge on any atom is 0.275 e. The van der Waals surface area contributed by atoms with Gasteiger partial charge < -0.3 is 10.0 Å². The van der Waals surface area contributed by atoms with Crippen molar-refractivity contribution < 1.29 is 14.3 Å². The third-order valence-electron chi connectivity index (χ3n) is 7.48. The molecule has 9 nitrogen and oxygen atoms in total. The number of halogens is 1. The van der Waals surface area contributed by atoms with Crippen LogP contribution in [-0.2, 0) is 12.8 Å². The van der Waals surface area contributed by atoms with Gasteiger partial charge in [-0.05, 0) is 62.4 Å². The van der Waals surface area contributed by atoms with Crippen LogP contribution in [0.3, 0.4) is 0 Å². The van der Waals surface area contributed by atoms with Gasteiger partial charge in [-0.2, -0.15) is 10.1 Å². The van der Waals surface area contributed by atoms with Crippen molar-refractivity contribution in [3.05, 3.63) is 87.3 Å². The van der Waals surface area contributed by atoms with Crippen LogP contribution >= 0.6 is 0 Å². The van der Waals surface area contributed by atoms with Crippen LogP contribution in [0.25, 0.3) is 17.2 Å². The molecule has 1 aromatic carbocycles. The Bertz CT molecular complexity index is 1600. The molecule has 1 saturated heterocycles. The molecule has 1 amide bonds. The van der Waals surface area contributed by atoms with Crippen molar-refractivity contribution in [2.24, 2.45) is 0 Å². The number of aromatic hydroxyl groups is 1. The Hall–Kier alpha value is -4.34. The topological polar surface area (TPSA) is 106 Å². The lowest BCUT2D eigenvalue weighted by atomic mass is 10.0. The molecular weight excluding hydrogens is 511 g/mol. The van der Waals surface area contributed by atoms with Crippen LogP contribution in [-0.4, -0.2) is 53.3 Å². The number of likely N-dealkylation sites (tertiary alicyclic amines) is 1. The maximum absolute atomic E-state index is 14.4. The molecule has 0 radical (unpaired) electrons. The molecule has 0 saturated carbocycles. The number of aromatic nitrogens is 5. The average molecular weight is 545 g/mol. The number of amides is 1. The number of hydrogen-bond acceptors (Lipinski definition) is 6. The van der Waals surface area contributed by atoms with Crippen LogP contribution in [0.1, 0.15) is 73.3 Å². The predicted molar refractivity (Wildman–Crippen MR) is 149 cm³/mol. The highest BCUT2D eigenvalue weighted by molar-refractivity contribution is 5.96. The summed E-state index contributed by atoms with van der Waals surface area (Å²) < 4.78 is 17.6. The number of carbonyl (C=O) groups is 1. The lowest BCUT2D eigenvalue weighted by Crippen LogP contribution is -2.36. The zero-order chi connectivity index (χ0) is 28.6. The Kier molecular flexibility index (Phi) is 7.51. The maximum atomic E-state index is 14.4. The van der Waals surface area contributed by atoms with E-state index in [-0.39, 0.29) is 30.0 Å². The van der Waals surface area contributed by atoms with Crippen molar-refractivity contribution >= 4 is 5.91 Å². The molecule has 5 rings (SSSR count). The van der Waals surface area contributed by atoms with Crippen LogP contribution in [0.2, 0.25) is 0 Å². The van der Waals surface area contributed by atoms with Crippen molar-refractivity contribution in [2.45, 2.75) is 58.9 Å². The van der Waals surface area contributed by atoms with Crippen LogP contribution in [0.15, 0.2) is 53.6 Å². The van der Waals surface area contributed by atoms with Gasteiger partial charge in [-0.15, -0.1) is 0 Å². The largest absolute Gasteiger partial charge is 0.493 e. The van der Waals surface area contributed by atoms with Gasteiger partial charge in [0.1, 0.15) is 11.5 Å². The number of para-hydroxylation sites is 1. The van der Waals surface area contributed by atoms with Gasteiger partial charge in [0.05, 0.1) is 11.4 Å². The van der Waals surface area contributed by atoms with Crippen molar-refractivity contribution in [3.63, 3.8) is 0 Å². The molecule has 1 unspecified atom stereocenters. The molecule has 3 aromatic heterocycles. The van der Waals surface area contributed by atoms with Crippen LogP contribution in [0.4, 0.5) is 4.39 Å². The number of carbonyl (C=O) groups excluding carboxylic acids is 1. The summed E-state index contributed by atoms with van der Waals surface area (Å²) >= 11 is 0. The lowest BCUT2D eigenvalue weighted by Gasteiger charge is -2.21. The van der Waals surface area contributed by atoms with Crippen molar-refractivity contribution in [2.75, 3.05) is 13.1 Å². The van der Waals surface area contributed by atoms with Gasteiger partial charge in [-0.25, -0.2) is 4.39 Å². The molecule has 1 aliphatic heterocycles. The molecule has 10 heteroatoms. The van der Waals surface area contributed by atoms with Crippen molar-refractivity contribution in [1.82, 2.24) is 29.2 Å². The Balaban J connectivity index is 1.66. The standard InChI is InChI=1S/C30H33FN6O3/c1-5-19-9-7-10-20(6-2)26(19)37-27(23-13-16-36(34-23)18(3)4)33-28(38)24(30(37)40)29(39)35-15-12-21(17-35)25-22(31)11-8-14-32-25/h7-11,13-14,16,18,21,38H,5-6,12,15,17H2,1-4H3. The zero-order valence-electron chi connectivity index (χ0n) is 23.1. The van der Waals surface area contributed by atoms with Gasteiger partial charge in [-0.3, -0.25) is 23.8 Å². The van der Waals surface area contributed by atoms with E-state index in [0.29, 0.717) is 37.2 Å². The van der Waals surface area contributed by atoms with E-state index in [2.05, 4.69) is 15.1 Å². The van der Waals surface area contributed by atoms with Crippen molar-refractivity contribution in [1.29, 1.82) is 0 Å². The summed E-state index contributed by atoms with van der Waals surface area (Å²) in [5.41, 5.74) is 2.06.